The number of ether oxygens (including phenoxy) is 1. The van der Waals surface area contributed by atoms with Gasteiger partial charge in [0.2, 0.25) is 0 Å². The first-order valence-electron chi connectivity index (χ1n) is 6.88. The number of hydrogen-bond acceptors (Lipinski definition) is 3. The average molecular weight is 279 g/mol. The zero-order chi connectivity index (χ0) is 13.7. The quantitative estimate of drug-likeness (QED) is 0.840. The zero-order valence-electron chi connectivity index (χ0n) is 11.3. The van der Waals surface area contributed by atoms with Crippen molar-refractivity contribution in [3.63, 3.8) is 0 Å². The van der Waals surface area contributed by atoms with Crippen LogP contribution < -0.4 is 4.74 Å². The maximum atomic E-state index is 12.5. The second-order valence-electron chi connectivity index (χ2n) is 4.93. The zero-order valence-corrected chi connectivity index (χ0v) is 12.2. The van der Waals surface area contributed by atoms with Crippen molar-refractivity contribution in [1.82, 2.24) is 4.90 Å². The Morgan fingerprint density at radius 3 is 2.95 bits per heavy atom. The van der Waals surface area contributed by atoms with E-state index in [-0.39, 0.29) is 5.91 Å². The highest BCUT2D eigenvalue weighted by Gasteiger charge is 2.24. The minimum absolute atomic E-state index is 0.0796. The molecule has 1 unspecified atom stereocenters. The van der Waals surface area contributed by atoms with Crippen LogP contribution in [-0.2, 0) is 0 Å². The summed E-state index contributed by atoms with van der Waals surface area (Å²) in [5.74, 6) is 2.06. The van der Waals surface area contributed by atoms with Crippen LogP contribution in [0.15, 0.2) is 24.3 Å². The van der Waals surface area contributed by atoms with Crippen LogP contribution in [0.5, 0.6) is 5.75 Å². The number of fused-ring (bicyclic) bond motifs is 1. The van der Waals surface area contributed by atoms with Gasteiger partial charge in [-0.25, -0.2) is 0 Å². The summed E-state index contributed by atoms with van der Waals surface area (Å²) in [4.78, 5) is 14.4. The van der Waals surface area contributed by atoms with E-state index in [0.717, 1.165) is 25.1 Å². The van der Waals surface area contributed by atoms with Gasteiger partial charge in [0, 0.05) is 6.54 Å². The summed E-state index contributed by atoms with van der Waals surface area (Å²) in [7, 11) is 0. The van der Waals surface area contributed by atoms with Gasteiger partial charge in [0.25, 0.3) is 5.91 Å². The van der Waals surface area contributed by atoms with Gasteiger partial charge in [0.05, 0.1) is 12.1 Å². The molecular formula is C15H21NO2S. The number of hydrogen-bond donors (Lipinski definition) is 1. The van der Waals surface area contributed by atoms with Gasteiger partial charge < -0.3 is 9.64 Å². The molecule has 2 rings (SSSR count). The molecule has 0 saturated heterocycles. The van der Waals surface area contributed by atoms with E-state index >= 15 is 0 Å². The van der Waals surface area contributed by atoms with Crippen LogP contribution in [0.2, 0.25) is 0 Å². The van der Waals surface area contributed by atoms with E-state index in [1.807, 2.05) is 29.2 Å². The molecule has 0 fully saturated rings. The van der Waals surface area contributed by atoms with E-state index < -0.39 is 0 Å². The summed E-state index contributed by atoms with van der Waals surface area (Å²) in [5.41, 5.74) is 0.675. The molecule has 1 aromatic rings. The lowest BCUT2D eigenvalue weighted by molar-refractivity contribution is 0.0730. The Morgan fingerprint density at radius 1 is 1.42 bits per heavy atom. The van der Waals surface area contributed by atoms with Crippen LogP contribution in [0.4, 0.5) is 0 Å². The summed E-state index contributed by atoms with van der Waals surface area (Å²) in [5, 5.41) is 0. The molecular weight excluding hydrogens is 258 g/mol. The summed E-state index contributed by atoms with van der Waals surface area (Å²) >= 11 is 4.39. The van der Waals surface area contributed by atoms with Gasteiger partial charge in [-0.3, -0.25) is 4.79 Å². The molecule has 1 aliphatic rings. The highest BCUT2D eigenvalue weighted by atomic mass is 32.1. The molecule has 104 valence electrons. The van der Waals surface area contributed by atoms with Gasteiger partial charge in [0.1, 0.15) is 12.4 Å². The molecule has 0 aromatic heterocycles. The van der Waals surface area contributed by atoms with Crippen molar-refractivity contribution >= 4 is 18.5 Å². The Bertz CT molecular complexity index is 436. The minimum Gasteiger partial charge on any atom is -0.491 e. The lowest BCUT2D eigenvalue weighted by Crippen LogP contribution is -2.37. The van der Waals surface area contributed by atoms with E-state index in [4.69, 9.17) is 4.74 Å². The molecule has 0 N–H and O–H groups in total. The number of carbonyl (C=O) groups excluding carboxylic acids is 1. The maximum absolute atomic E-state index is 12.5. The largest absolute Gasteiger partial charge is 0.491 e. The van der Waals surface area contributed by atoms with E-state index in [0.29, 0.717) is 30.4 Å². The van der Waals surface area contributed by atoms with Crippen LogP contribution in [0.3, 0.4) is 0 Å². The number of nitrogens with zero attached hydrogens (tertiary/aromatic N) is 1. The highest BCUT2D eigenvalue weighted by molar-refractivity contribution is 7.80. The number of rotatable bonds is 5. The standard InChI is InChI=1S/C15H21NO2S/c1-2-5-12(11-19)10-16-8-9-18-14-7-4-3-6-13(14)15(16)17/h3-4,6-7,12,19H,2,5,8-11H2,1H3. The molecule has 19 heavy (non-hydrogen) atoms. The summed E-state index contributed by atoms with van der Waals surface area (Å²) in [6.07, 6.45) is 2.23. The van der Waals surface area contributed by atoms with Crippen LogP contribution >= 0.6 is 12.6 Å². The first kappa shape index (κ1) is 14.3. The monoisotopic (exact) mass is 279 g/mol. The number of carbonyl (C=O) groups is 1. The molecule has 3 nitrogen and oxygen atoms in total. The van der Waals surface area contributed by atoms with Gasteiger partial charge in [-0.2, -0.15) is 12.6 Å². The molecule has 0 bridgehead atoms. The van der Waals surface area contributed by atoms with Gasteiger partial charge in [0.15, 0.2) is 0 Å². The fraction of sp³-hybridized carbons (Fsp3) is 0.533. The van der Waals surface area contributed by atoms with Crippen molar-refractivity contribution in [2.45, 2.75) is 19.8 Å². The van der Waals surface area contributed by atoms with E-state index in [2.05, 4.69) is 19.6 Å². The third-order valence-electron chi connectivity index (χ3n) is 3.46. The van der Waals surface area contributed by atoms with Crippen LogP contribution in [0, 0.1) is 5.92 Å². The number of benzene rings is 1. The molecule has 0 aliphatic carbocycles. The Labute approximate surface area is 120 Å². The predicted molar refractivity (Wildman–Crippen MR) is 80.1 cm³/mol. The Balaban J connectivity index is 2.12. The molecule has 0 radical (unpaired) electrons. The van der Waals surface area contributed by atoms with E-state index in [1.54, 1.807) is 0 Å². The van der Waals surface area contributed by atoms with Gasteiger partial charge in [-0.05, 0) is 30.2 Å². The average Bonchev–Trinajstić information content (AvgIpc) is 2.59. The van der Waals surface area contributed by atoms with Crippen molar-refractivity contribution in [2.24, 2.45) is 5.92 Å². The normalized spacial score (nSPS) is 16.5. The predicted octanol–water partition coefficient (Wildman–Crippen LogP) is 2.87. The minimum atomic E-state index is 0.0796. The molecule has 1 aromatic carbocycles. The molecule has 0 spiro atoms. The van der Waals surface area contributed by atoms with Gasteiger partial charge in [-0.1, -0.05) is 25.5 Å². The first-order chi connectivity index (χ1) is 9.26. The first-order valence-corrected chi connectivity index (χ1v) is 7.51. The van der Waals surface area contributed by atoms with E-state index in [1.165, 1.54) is 0 Å². The number of amides is 1. The second-order valence-corrected chi connectivity index (χ2v) is 5.30. The molecule has 1 atom stereocenters. The van der Waals surface area contributed by atoms with E-state index in [9.17, 15) is 4.79 Å². The lowest BCUT2D eigenvalue weighted by atomic mass is 10.0. The summed E-state index contributed by atoms with van der Waals surface area (Å²) in [6.45, 7) is 4.16. The van der Waals surface area contributed by atoms with Crippen molar-refractivity contribution in [1.29, 1.82) is 0 Å². The third kappa shape index (κ3) is 3.44. The van der Waals surface area contributed by atoms with Crippen LogP contribution in [0.1, 0.15) is 30.1 Å². The summed E-state index contributed by atoms with van der Waals surface area (Å²) in [6, 6.07) is 7.48. The van der Waals surface area contributed by atoms with Crippen LogP contribution in [0.25, 0.3) is 0 Å². The van der Waals surface area contributed by atoms with Crippen LogP contribution in [-0.4, -0.2) is 36.3 Å². The Hall–Kier alpha value is -1.16. The molecule has 0 saturated carbocycles. The van der Waals surface area contributed by atoms with Crippen molar-refractivity contribution in [2.75, 3.05) is 25.4 Å². The Kier molecular flexibility index (Phi) is 5.14. The highest BCUT2D eigenvalue weighted by Crippen LogP contribution is 2.23. The second kappa shape index (κ2) is 6.85. The maximum Gasteiger partial charge on any atom is 0.257 e. The molecule has 1 amide bonds. The van der Waals surface area contributed by atoms with Crippen molar-refractivity contribution in [3.8, 4) is 5.75 Å². The molecule has 4 heteroatoms. The Morgan fingerprint density at radius 2 is 2.21 bits per heavy atom. The molecule has 1 aliphatic heterocycles. The third-order valence-corrected chi connectivity index (χ3v) is 3.97. The number of thiol groups is 1. The lowest BCUT2D eigenvalue weighted by Gasteiger charge is -2.25. The van der Waals surface area contributed by atoms with Gasteiger partial charge >= 0.3 is 0 Å². The smallest absolute Gasteiger partial charge is 0.257 e. The fourth-order valence-corrected chi connectivity index (χ4v) is 2.74. The fourth-order valence-electron chi connectivity index (χ4n) is 2.44. The van der Waals surface area contributed by atoms with Crippen molar-refractivity contribution in [3.05, 3.63) is 29.8 Å². The van der Waals surface area contributed by atoms with Gasteiger partial charge in [-0.15, -0.1) is 0 Å². The SMILES string of the molecule is CCCC(CS)CN1CCOc2ccccc2C1=O. The summed E-state index contributed by atoms with van der Waals surface area (Å²) < 4.78 is 5.64. The topological polar surface area (TPSA) is 29.5 Å². The molecule has 1 heterocycles. The number of para-hydroxylation sites is 1. The van der Waals surface area contributed by atoms with Crippen molar-refractivity contribution < 1.29 is 9.53 Å².